The highest BCUT2D eigenvalue weighted by atomic mass is 35.5. The first kappa shape index (κ1) is 19.8. The Hall–Kier alpha value is -2.51. The standard InChI is InChI=1S/C21H22ClN5OS/c1-3-6-17-24-25-21-27(17)26-18(14-9-11-15(22)12-10-14)19(29-21)20(28)23-16-8-5-4-7-13(16)2/h4-5,7-12,18-19,26H,3,6H2,1-2H3,(H,23,28)/t18-,19-/m1/s1. The van der Waals surface area contributed by atoms with E-state index >= 15 is 0 Å². The Morgan fingerprint density at radius 3 is 2.69 bits per heavy atom. The first-order valence-corrected chi connectivity index (χ1v) is 10.8. The van der Waals surface area contributed by atoms with Crippen molar-refractivity contribution >= 4 is 35.0 Å². The lowest BCUT2D eigenvalue weighted by Crippen LogP contribution is -2.41. The number of carbonyl (C=O) groups excluding carboxylic acids is 1. The molecule has 8 heteroatoms. The SMILES string of the molecule is CCCc1nnc2n1N[C@H](c1ccc(Cl)cc1)[C@H](C(=O)Nc1ccccc1C)S2. The van der Waals surface area contributed by atoms with E-state index in [1.54, 1.807) is 0 Å². The molecule has 2 heterocycles. The molecule has 0 radical (unpaired) electrons. The molecular weight excluding hydrogens is 406 g/mol. The molecule has 1 amide bonds. The number of carbonyl (C=O) groups is 1. The number of nitrogens with one attached hydrogen (secondary N) is 2. The van der Waals surface area contributed by atoms with Gasteiger partial charge in [-0.05, 0) is 42.7 Å². The molecule has 150 valence electrons. The average molecular weight is 428 g/mol. The van der Waals surface area contributed by atoms with E-state index in [2.05, 4.69) is 27.9 Å². The number of aromatic nitrogens is 3. The van der Waals surface area contributed by atoms with Gasteiger partial charge >= 0.3 is 0 Å². The molecule has 29 heavy (non-hydrogen) atoms. The molecule has 1 aliphatic heterocycles. The van der Waals surface area contributed by atoms with Crippen LogP contribution in [0.2, 0.25) is 5.02 Å². The van der Waals surface area contributed by atoms with Gasteiger partial charge in [-0.2, -0.15) is 0 Å². The normalized spacial score (nSPS) is 18.0. The number of amides is 1. The number of thioether (sulfide) groups is 1. The fourth-order valence-corrected chi connectivity index (χ4v) is 4.55. The van der Waals surface area contributed by atoms with E-state index in [0.29, 0.717) is 10.2 Å². The third-order valence-corrected chi connectivity index (χ3v) is 6.33. The largest absolute Gasteiger partial charge is 0.325 e. The summed E-state index contributed by atoms with van der Waals surface area (Å²) in [7, 11) is 0. The van der Waals surface area contributed by atoms with E-state index in [4.69, 9.17) is 11.6 Å². The van der Waals surface area contributed by atoms with Crippen molar-refractivity contribution in [1.29, 1.82) is 0 Å². The molecule has 0 spiro atoms. The van der Waals surface area contributed by atoms with Gasteiger partial charge < -0.3 is 10.7 Å². The Bertz CT molecular complexity index is 1020. The summed E-state index contributed by atoms with van der Waals surface area (Å²) in [5, 5.41) is 12.6. The van der Waals surface area contributed by atoms with Crippen molar-refractivity contribution in [2.24, 2.45) is 0 Å². The van der Waals surface area contributed by atoms with E-state index in [0.717, 1.165) is 35.5 Å². The van der Waals surface area contributed by atoms with E-state index in [1.165, 1.54) is 11.8 Å². The Labute approximate surface area is 179 Å². The van der Waals surface area contributed by atoms with Gasteiger partial charge in [-0.1, -0.05) is 60.6 Å². The zero-order valence-corrected chi connectivity index (χ0v) is 17.8. The van der Waals surface area contributed by atoms with Crippen LogP contribution < -0.4 is 10.7 Å². The fourth-order valence-electron chi connectivity index (χ4n) is 3.32. The van der Waals surface area contributed by atoms with Crippen molar-refractivity contribution in [3.63, 3.8) is 0 Å². The summed E-state index contributed by atoms with van der Waals surface area (Å²) in [5.41, 5.74) is 6.28. The molecule has 4 rings (SSSR count). The van der Waals surface area contributed by atoms with Gasteiger partial charge in [-0.3, -0.25) is 4.79 Å². The lowest BCUT2D eigenvalue weighted by Gasteiger charge is -2.33. The Balaban J connectivity index is 1.67. The highest BCUT2D eigenvalue weighted by molar-refractivity contribution is 8.00. The van der Waals surface area contributed by atoms with E-state index < -0.39 is 5.25 Å². The van der Waals surface area contributed by atoms with Gasteiger partial charge in [0.05, 0.1) is 6.04 Å². The van der Waals surface area contributed by atoms with Crippen molar-refractivity contribution in [1.82, 2.24) is 14.9 Å². The molecule has 6 nitrogen and oxygen atoms in total. The predicted octanol–water partition coefficient (Wildman–Crippen LogP) is 4.59. The van der Waals surface area contributed by atoms with Crippen molar-refractivity contribution in [2.45, 2.75) is 43.1 Å². The number of nitrogens with zero attached hydrogens (tertiary/aromatic N) is 3. The van der Waals surface area contributed by atoms with Crippen molar-refractivity contribution in [2.75, 3.05) is 10.7 Å². The monoisotopic (exact) mass is 427 g/mol. The van der Waals surface area contributed by atoms with Crippen LogP contribution in [0.1, 0.15) is 36.3 Å². The van der Waals surface area contributed by atoms with Crippen LogP contribution in [0.4, 0.5) is 5.69 Å². The molecule has 0 saturated carbocycles. The summed E-state index contributed by atoms with van der Waals surface area (Å²) in [5.74, 6) is 0.787. The molecule has 2 aromatic carbocycles. The van der Waals surface area contributed by atoms with Crippen LogP contribution in [0.15, 0.2) is 53.7 Å². The maximum Gasteiger partial charge on any atom is 0.240 e. The van der Waals surface area contributed by atoms with Crippen molar-refractivity contribution in [3.05, 3.63) is 70.5 Å². The number of hydrogen-bond acceptors (Lipinski definition) is 5. The van der Waals surface area contributed by atoms with Gasteiger partial charge in [-0.25, -0.2) is 4.68 Å². The Kier molecular flexibility index (Phi) is 5.78. The topological polar surface area (TPSA) is 71.8 Å². The molecular formula is C21H22ClN5OS. The lowest BCUT2D eigenvalue weighted by molar-refractivity contribution is -0.116. The summed E-state index contributed by atoms with van der Waals surface area (Å²) in [6.07, 6.45) is 1.78. The molecule has 2 atom stereocenters. The van der Waals surface area contributed by atoms with Crippen LogP contribution in [-0.4, -0.2) is 26.0 Å². The summed E-state index contributed by atoms with van der Waals surface area (Å²) >= 11 is 7.50. The molecule has 0 saturated heterocycles. The molecule has 1 aromatic heterocycles. The van der Waals surface area contributed by atoms with Crippen LogP contribution in [0.5, 0.6) is 0 Å². The molecule has 0 bridgehead atoms. The van der Waals surface area contributed by atoms with Crippen LogP contribution >= 0.6 is 23.4 Å². The highest BCUT2D eigenvalue weighted by Crippen LogP contribution is 2.38. The maximum atomic E-state index is 13.3. The van der Waals surface area contributed by atoms with Crippen LogP contribution in [0.3, 0.4) is 0 Å². The fraction of sp³-hybridized carbons (Fsp3) is 0.286. The highest BCUT2D eigenvalue weighted by Gasteiger charge is 2.37. The third-order valence-electron chi connectivity index (χ3n) is 4.87. The summed E-state index contributed by atoms with van der Waals surface area (Å²) < 4.78 is 1.91. The van der Waals surface area contributed by atoms with Gasteiger partial charge in [0.15, 0.2) is 5.82 Å². The molecule has 0 unspecified atom stereocenters. The third kappa shape index (κ3) is 4.11. The van der Waals surface area contributed by atoms with Crippen LogP contribution in [0, 0.1) is 6.92 Å². The number of para-hydroxylation sites is 1. The van der Waals surface area contributed by atoms with Crippen LogP contribution in [-0.2, 0) is 11.2 Å². The summed E-state index contributed by atoms with van der Waals surface area (Å²) in [4.78, 5) is 13.3. The molecule has 1 aliphatic rings. The van der Waals surface area contributed by atoms with Gasteiger partial charge in [0.2, 0.25) is 11.1 Å². The number of rotatable bonds is 5. The zero-order valence-electron chi connectivity index (χ0n) is 16.2. The van der Waals surface area contributed by atoms with Crippen LogP contribution in [0.25, 0.3) is 0 Å². The van der Waals surface area contributed by atoms with E-state index in [-0.39, 0.29) is 11.9 Å². The van der Waals surface area contributed by atoms with Gasteiger partial charge in [-0.15, -0.1) is 10.2 Å². The minimum atomic E-state index is -0.415. The number of anilines is 1. The van der Waals surface area contributed by atoms with Gasteiger partial charge in [0.25, 0.3) is 0 Å². The predicted molar refractivity (Wildman–Crippen MR) is 117 cm³/mol. The minimum Gasteiger partial charge on any atom is -0.325 e. The number of halogens is 1. The smallest absolute Gasteiger partial charge is 0.240 e. The van der Waals surface area contributed by atoms with E-state index in [9.17, 15) is 4.79 Å². The number of fused-ring (bicyclic) bond motifs is 1. The second-order valence-electron chi connectivity index (χ2n) is 6.99. The Morgan fingerprint density at radius 1 is 1.21 bits per heavy atom. The number of aryl methyl sites for hydroxylation is 2. The summed E-state index contributed by atoms with van der Waals surface area (Å²) in [6, 6.07) is 15.1. The second-order valence-corrected chi connectivity index (χ2v) is 8.53. The lowest BCUT2D eigenvalue weighted by atomic mass is 10.0. The first-order chi connectivity index (χ1) is 14.1. The van der Waals surface area contributed by atoms with E-state index in [1.807, 2.05) is 60.1 Å². The van der Waals surface area contributed by atoms with Crippen molar-refractivity contribution in [3.8, 4) is 0 Å². The molecule has 3 aromatic rings. The quantitative estimate of drug-likeness (QED) is 0.623. The zero-order chi connectivity index (χ0) is 20.4. The number of benzene rings is 2. The molecule has 0 aliphatic carbocycles. The molecule has 0 fully saturated rings. The second kappa shape index (κ2) is 8.47. The van der Waals surface area contributed by atoms with Gasteiger partial charge in [0, 0.05) is 17.1 Å². The first-order valence-electron chi connectivity index (χ1n) is 9.56. The average Bonchev–Trinajstić information content (AvgIpc) is 3.11. The number of hydrogen-bond donors (Lipinski definition) is 2. The Morgan fingerprint density at radius 2 is 1.97 bits per heavy atom. The maximum absolute atomic E-state index is 13.3. The molecule has 2 N–H and O–H groups in total. The minimum absolute atomic E-state index is 0.0805. The van der Waals surface area contributed by atoms with Crippen molar-refractivity contribution < 1.29 is 4.79 Å². The van der Waals surface area contributed by atoms with Gasteiger partial charge in [0.1, 0.15) is 5.25 Å². The summed E-state index contributed by atoms with van der Waals surface area (Å²) in [6.45, 7) is 4.08.